The molecule has 2 aromatic carbocycles. The SMILES string of the molecule is Cc1c(C(=O)NCc2ccc(-c3nc(-c4ccccc4)cs3)cc2)cnn1-c1ccccn1. The largest absolute Gasteiger partial charge is 0.348 e. The van der Waals surface area contributed by atoms with E-state index in [2.05, 4.69) is 32.9 Å². The van der Waals surface area contributed by atoms with Crippen molar-refractivity contribution in [3.05, 3.63) is 107 Å². The summed E-state index contributed by atoms with van der Waals surface area (Å²) in [7, 11) is 0. The van der Waals surface area contributed by atoms with Crippen LogP contribution in [0.3, 0.4) is 0 Å². The van der Waals surface area contributed by atoms with E-state index in [1.54, 1.807) is 28.4 Å². The molecule has 0 spiro atoms. The van der Waals surface area contributed by atoms with Crippen molar-refractivity contribution in [3.63, 3.8) is 0 Å². The molecule has 0 unspecified atom stereocenters. The molecule has 0 radical (unpaired) electrons. The molecule has 0 saturated heterocycles. The van der Waals surface area contributed by atoms with Crippen LogP contribution in [0.4, 0.5) is 0 Å². The number of hydrogen-bond acceptors (Lipinski definition) is 5. The molecule has 33 heavy (non-hydrogen) atoms. The van der Waals surface area contributed by atoms with Crippen molar-refractivity contribution in [1.82, 2.24) is 25.1 Å². The zero-order valence-electron chi connectivity index (χ0n) is 18.0. The Hall–Kier alpha value is -4.10. The number of nitrogens with zero attached hydrogens (tertiary/aromatic N) is 4. The van der Waals surface area contributed by atoms with E-state index in [0.717, 1.165) is 33.1 Å². The van der Waals surface area contributed by atoms with Crippen LogP contribution in [0.15, 0.2) is 90.6 Å². The van der Waals surface area contributed by atoms with Crippen LogP contribution in [0.5, 0.6) is 0 Å². The molecule has 1 N–H and O–H groups in total. The van der Waals surface area contributed by atoms with Gasteiger partial charge in [0.1, 0.15) is 5.01 Å². The highest BCUT2D eigenvalue weighted by Crippen LogP contribution is 2.29. The van der Waals surface area contributed by atoms with Crippen LogP contribution in [0.25, 0.3) is 27.6 Å². The Balaban J connectivity index is 1.24. The van der Waals surface area contributed by atoms with Gasteiger partial charge in [0.2, 0.25) is 0 Å². The lowest BCUT2D eigenvalue weighted by molar-refractivity contribution is 0.0950. The van der Waals surface area contributed by atoms with Gasteiger partial charge in [0, 0.05) is 29.2 Å². The number of nitrogens with one attached hydrogen (secondary N) is 1. The Morgan fingerprint density at radius 2 is 1.76 bits per heavy atom. The second-order valence-corrected chi connectivity index (χ2v) is 8.39. The van der Waals surface area contributed by atoms with Crippen LogP contribution < -0.4 is 5.32 Å². The van der Waals surface area contributed by atoms with E-state index in [-0.39, 0.29) is 5.91 Å². The lowest BCUT2D eigenvalue weighted by Crippen LogP contribution is -2.23. The summed E-state index contributed by atoms with van der Waals surface area (Å²) in [6.07, 6.45) is 3.28. The topological polar surface area (TPSA) is 72.7 Å². The van der Waals surface area contributed by atoms with E-state index in [1.165, 1.54) is 0 Å². The predicted molar refractivity (Wildman–Crippen MR) is 130 cm³/mol. The number of amides is 1. The van der Waals surface area contributed by atoms with Crippen molar-refractivity contribution in [3.8, 4) is 27.6 Å². The number of carbonyl (C=O) groups is 1. The second kappa shape index (κ2) is 9.18. The summed E-state index contributed by atoms with van der Waals surface area (Å²) < 4.78 is 1.67. The molecule has 5 aromatic rings. The van der Waals surface area contributed by atoms with Gasteiger partial charge in [0.15, 0.2) is 5.82 Å². The Kier molecular flexibility index (Phi) is 5.78. The molecule has 0 aliphatic rings. The van der Waals surface area contributed by atoms with Gasteiger partial charge in [-0.05, 0) is 24.6 Å². The van der Waals surface area contributed by atoms with Crippen LogP contribution in [0.2, 0.25) is 0 Å². The van der Waals surface area contributed by atoms with Crippen LogP contribution in [0.1, 0.15) is 21.6 Å². The molecule has 0 bridgehead atoms. The standard InChI is InChI=1S/C26H21N5OS/c1-18-22(16-29-31(18)24-9-5-6-14-27-24)25(32)28-15-19-10-12-21(13-11-19)26-30-23(17-33-26)20-7-3-2-4-8-20/h2-14,16-17H,15H2,1H3,(H,28,32). The summed E-state index contributed by atoms with van der Waals surface area (Å²) in [5.74, 6) is 0.522. The first kappa shape index (κ1) is 20.8. The molecule has 0 atom stereocenters. The van der Waals surface area contributed by atoms with Crippen LogP contribution in [-0.2, 0) is 6.54 Å². The molecular weight excluding hydrogens is 430 g/mol. The lowest BCUT2D eigenvalue weighted by atomic mass is 10.1. The molecule has 162 valence electrons. The number of aromatic nitrogens is 4. The van der Waals surface area contributed by atoms with Gasteiger partial charge in [-0.3, -0.25) is 4.79 Å². The van der Waals surface area contributed by atoms with Gasteiger partial charge < -0.3 is 5.32 Å². The number of thiazole rings is 1. The normalized spacial score (nSPS) is 10.8. The van der Waals surface area contributed by atoms with E-state index < -0.39 is 0 Å². The van der Waals surface area contributed by atoms with Crippen molar-refractivity contribution < 1.29 is 4.79 Å². The van der Waals surface area contributed by atoms with E-state index >= 15 is 0 Å². The zero-order chi connectivity index (χ0) is 22.6. The van der Waals surface area contributed by atoms with Gasteiger partial charge >= 0.3 is 0 Å². The molecule has 3 aromatic heterocycles. The van der Waals surface area contributed by atoms with Gasteiger partial charge in [0.05, 0.1) is 23.1 Å². The zero-order valence-corrected chi connectivity index (χ0v) is 18.8. The smallest absolute Gasteiger partial charge is 0.255 e. The molecule has 0 saturated carbocycles. The summed E-state index contributed by atoms with van der Waals surface area (Å²) in [4.78, 5) is 21.8. The van der Waals surface area contributed by atoms with Crippen LogP contribution in [-0.4, -0.2) is 25.7 Å². The molecule has 5 rings (SSSR count). The summed E-state index contributed by atoms with van der Waals surface area (Å²) in [6.45, 7) is 2.30. The fraction of sp³-hybridized carbons (Fsp3) is 0.0769. The highest BCUT2D eigenvalue weighted by molar-refractivity contribution is 7.13. The molecule has 6 nitrogen and oxygen atoms in total. The van der Waals surface area contributed by atoms with Crippen molar-refractivity contribution in [2.24, 2.45) is 0 Å². The maximum absolute atomic E-state index is 12.7. The second-order valence-electron chi connectivity index (χ2n) is 7.53. The minimum atomic E-state index is -0.161. The van der Waals surface area contributed by atoms with Gasteiger partial charge in [0.25, 0.3) is 5.91 Å². The van der Waals surface area contributed by atoms with E-state index in [0.29, 0.717) is 17.9 Å². The predicted octanol–water partition coefficient (Wildman–Crippen LogP) is 5.30. The minimum Gasteiger partial charge on any atom is -0.348 e. The van der Waals surface area contributed by atoms with Crippen molar-refractivity contribution in [2.75, 3.05) is 0 Å². The Morgan fingerprint density at radius 3 is 2.52 bits per heavy atom. The minimum absolute atomic E-state index is 0.161. The molecule has 0 aliphatic carbocycles. The summed E-state index contributed by atoms with van der Waals surface area (Å²) >= 11 is 1.63. The third-order valence-corrected chi connectivity index (χ3v) is 6.24. The number of carbonyl (C=O) groups excluding carboxylic acids is 1. The summed E-state index contributed by atoms with van der Waals surface area (Å²) in [6, 6.07) is 23.9. The molecule has 1 amide bonds. The van der Waals surface area contributed by atoms with Crippen LogP contribution in [0, 0.1) is 6.92 Å². The third-order valence-electron chi connectivity index (χ3n) is 5.35. The average molecular weight is 452 g/mol. The maximum Gasteiger partial charge on any atom is 0.255 e. The fourth-order valence-electron chi connectivity index (χ4n) is 3.53. The number of rotatable bonds is 6. The van der Waals surface area contributed by atoms with Crippen molar-refractivity contribution in [2.45, 2.75) is 13.5 Å². The Bertz CT molecular complexity index is 1380. The molecule has 3 heterocycles. The van der Waals surface area contributed by atoms with Crippen molar-refractivity contribution >= 4 is 17.2 Å². The lowest BCUT2D eigenvalue weighted by Gasteiger charge is -2.07. The van der Waals surface area contributed by atoms with Crippen LogP contribution >= 0.6 is 11.3 Å². The Labute approximate surface area is 195 Å². The summed E-state index contributed by atoms with van der Waals surface area (Å²) in [5.41, 5.74) is 5.45. The van der Waals surface area contributed by atoms with Crippen molar-refractivity contribution in [1.29, 1.82) is 0 Å². The van der Waals surface area contributed by atoms with Gasteiger partial charge in [-0.15, -0.1) is 11.3 Å². The highest BCUT2D eigenvalue weighted by Gasteiger charge is 2.15. The number of benzene rings is 2. The molecule has 0 aliphatic heterocycles. The van der Waals surface area contributed by atoms with Gasteiger partial charge in [-0.25, -0.2) is 14.6 Å². The first-order valence-corrected chi connectivity index (χ1v) is 11.4. The van der Waals surface area contributed by atoms with E-state index in [9.17, 15) is 4.79 Å². The molecule has 0 fully saturated rings. The quantitative estimate of drug-likeness (QED) is 0.380. The molecular formula is C26H21N5OS. The monoisotopic (exact) mass is 451 g/mol. The first-order valence-electron chi connectivity index (χ1n) is 10.5. The Morgan fingerprint density at radius 1 is 0.970 bits per heavy atom. The average Bonchev–Trinajstić information content (AvgIpc) is 3.51. The summed E-state index contributed by atoms with van der Waals surface area (Å²) in [5, 5.41) is 10.3. The van der Waals surface area contributed by atoms with Gasteiger partial charge in [-0.2, -0.15) is 5.10 Å². The molecule has 7 heteroatoms. The first-order chi connectivity index (χ1) is 16.2. The van der Waals surface area contributed by atoms with E-state index in [1.807, 2.05) is 67.6 Å². The maximum atomic E-state index is 12.7. The van der Waals surface area contributed by atoms with Gasteiger partial charge in [-0.1, -0.05) is 60.7 Å². The fourth-order valence-corrected chi connectivity index (χ4v) is 4.37. The highest BCUT2D eigenvalue weighted by atomic mass is 32.1. The third kappa shape index (κ3) is 4.44. The van der Waals surface area contributed by atoms with E-state index in [4.69, 9.17) is 4.98 Å². The number of hydrogen-bond donors (Lipinski definition) is 1. The number of pyridine rings is 1.